The van der Waals surface area contributed by atoms with Gasteiger partial charge in [-0.05, 0) is 138 Å². The number of nitrogens with zero attached hydrogens (tertiary/aromatic N) is 3. The smallest absolute Gasteiger partial charge is 0.311 e. The normalized spacial score (nSPS) is 10.2. The van der Waals surface area contributed by atoms with Gasteiger partial charge in [-0.1, -0.05) is 370 Å². The van der Waals surface area contributed by atoms with Crippen LogP contribution in [0.25, 0.3) is 0 Å². The molecule has 0 aliphatic carbocycles. The van der Waals surface area contributed by atoms with Crippen LogP contribution in [0.2, 0.25) is 0 Å². The summed E-state index contributed by atoms with van der Waals surface area (Å²) in [6.07, 6.45) is 9.75. The van der Waals surface area contributed by atoms with Gasteiger partial charge < -0.3 is 9.47 Å². The summed E-state index contributed by atoms with van der Waals surface area (Å²) in [5, 5.41) is 25.7. The van der Waals surface area contributed by atoms with Crippen molar-refractivity contribution in [1.82, 2.24) is 0 Å². The van der Waals surface area contributed by atoms with Crippen molar-refractivity contribution in [2.45, 2.75) is 383 Å². The van der Waals surface area contributed by atoms with Crippen molar-refractivity contribution in [1.29, 1.82) is 15.8 Å². The molecule has 6 atom stereocenters. The van der Waals surface area contributed by atoms with Crippen LogP contribution in [0.15, 0.2) is 91.0 Å². The fourth-order valence-corrected chi connectivity index (χ4v) is 6.61. The minimum absolute atomic E-state index is 0. The number of esters is 2. The topological polar surface area (TPSA) is 124 Å². The summed E-state index contributed by atoms with van der Waals surface area (Å²) in [5.41, 5.74) is 4.66. The van der Waals surface area contributed by atoms with Gasteiger partial charge >= 0.3 is 11.9 Å². The van der Waals surface area contributed by atoms with Gasteiger partial charge in [0.15, 0.2) is 0 Å². The first-order valence-corrected chi connectivity index (χ1v) is 28.5. The van der Waals surface area contributed by atoms with E-state index in [1.807, 2.05) is 96.1 Å². The Labute approximate surface area is 612 Å². The van der Waals surface area contributed by atoms with Gasteiger partial charge in [-0.3, -0.25) is 9.59 Å². The van der Waals surface area contributed by atoms with E-state index in [9.17, 15) is 9.59 Å². The molecule has 0 aliphatic rings. The molecule has 3 aromatic carbocycles. The average Bonchev–Trinajstić information content (AvgIpc) is 3.43. The van der Waals surface area contributed by atoms with Gasteiger partial charge in [0, 0.05) is 11.8 Å². The molecule has 0 radical (unpaired) electrons. The summed E-state index contributed by atoms with van der Waals surface area (Å²) in [4.78, 5) is 21.6. The highest BCUT2D eigenvalue weighted by molar-refractivity contribution is 5.75. The molecule has 0 amide bonds. The highest BCUT2D eigenvalue weighted by Crippen LogP contribution is 2.34. The summed E-state index contributed by atoms with van der Waals surface area (Å²) >= 11 is 0. The first kappa shape index (κ1) is 169. The maximum absolute atomic E-state index is 10.8. The lowest BCUT2D eigenvalue weighted by molar-refractivity contribution is -0.151. The largest absolute Gasteiger partial charge is 0.469 e. The number of hydrogen-bond acceptors (Lipinski definition) is 7. The predicted molar refractivity (Wildman–Crippen MR) is 459 cm³/mol. The Morgan fingerprint density at radius 1 is 0.411 bits per heavy atom. The third kappa shape index (κ3) is 91.2. The number of carbonyl (C=O) groups excluding carboxylic acids is 2. The van der Waals surface area contributed by atoms with E-state index in [1.54, 1.807) is 0 Å². The van der Waals surface area contributed by atoms with E-state index < -0.39 is 0 Å². The molecule has 0 fully saturated rings. The van der Waals surface area contributed by atoms with Gasteiger partial charge in [-0.25, -0.2) is 0 Å². The summed E-state index contributed by atoms with van der Waals surface area (Å²) in [5.74, 6) is 2.41. The molecule has 0 spiro atoms. The van der Waals surface area contributed by atoms with E-state index in [1.165, 1.54) is 50.2 Å². The van der Waals surface area contributed by atoms with E-state index in [0.717, 1.165) is 38.5 Å². The van der Waals surface area contributed by atoms with E-state index in [0.29, 0.717) is 34.5 Å². The summed E-state index contributed by atoms with van der Waals surface area (Å²) in [6.45, 7) is 48.0. The van der Waals surface area contributed by atoms with Gasteiger partial charge in [0.1, 0.15) is 0 Å². The van der Waals surface area contributed by atoms with Crippen molar-refractivity contribution >= 4 is 11.9 Å². The molecule has 0 N–H and O–H groups in total. The number of nitriles is 3. The zero-order valence-corrected chi connectivity index (χ0v) is 53.0. The lowest BCUT2D eigenvalue weighted by Crippen LogP contribution is -2.24. The Morgan fingerprint density at radius 2 is 0.716 bits per heavy atom. The van der Waals surface area contributed by atoms with Crippen molar-refractivity contribution in [2.75, 3.05) is 14.2 Å². The van der Waals surface area contributed by atoms with Crippen LogP contribution in [0.4, 0.5) is 0 Å². The van der Waals surface area contributed by atoms with Crippen LogP contribution in [0, 0.1) is 79.3 Å². The number of methoxy groups -OCH3 is 2. The molecule has 3 rings (SSSR count). The molecule has 0 saturated heterocycles. The van der Waals surface area contributed by atoms with Gasteiger partial charge in [0.05, 0.1) is 49.2 Å². The fourth-order valence-electron chi connectivity index (χ4n) is 6.61. The molecule has 0 aliphatic heterocycles. The summed E-state index contributed by atoms with van der Waals surface area (Å²) in [7, 11) is 2.83. The van der Waals surface area contributed by atoms with Crippen molar-refractivity contribution < 1.29 is 19.1 Å². The highest BCUT2D eigenvalue weighted by atomic mass is 16.5. The van der Waals surface area contributed by atoms with Crippen molar-refractivity contribution in [3.63, 3.8) is 0 Å². The third-order valence-electron chi connectivity index (χ3n) is 14.2. The second-order valence-corrected chi connectivity index (χ2v) is 22.9. The van der Waals surface area contributed by atoms with Gasteiger partial charge in [0.2, 0.25) is 0 Å². The average molecular weight is 1360 g/mol. The van der Waals surface area contributed by atoms with Crippen LogP contribution < -0.4 is 0 Å². The quantitative estimate of drug-likeness (QED) is 0.116. The lowest BCUT2D eigenvalue weighted by atomic mass is 9.79. The monoisotopic (exact) mass is 1360 g/mol. The Hall–Kier alpha value is -4.93. The van der Waals surface area contributed by atoms with Crippen molar-refractivity contribution in [3.8, 4) is 18.2 Å². The van der Waals surface area contributed by atoms with Crippen LogP contribution in [-0.2, 0) is 19.1 Å². The number of ether oxygens (including phenoxy) is 2. The second-order valence-electron chi connectivity index (χ2n) is 22.9. The first-order valence-electron chi connectivity index (χ1n) is 28.5. The molecule has 6 unspecified atom stereocenters. The Morgan fingerprint density at radius 3 is 0.916 bits per heavy atom. The molecule has 3 aromatic rings. The fraction of sp³-hybridized carbons (Fsp3) is 0.739. The number of hydrogen-bond donors (Lipinski definition) is 0. The van der Waals surface area contributed by atoms with E-state index >= 15 is 0 Å². The Bertz CT molecular complexity index is 1940. The molecule has 0 heterocycles. The molecule has 7 heteroatoms. The number of benzene rings is 3. The zero-order chi connectivity index (χ0) is 59.4. The van der Waals surface area contributed by atoms with Crippen LogP contribution in [0.1, 0.15) is 400 Å². The maximum atomic E-state index is 10.8. The standard InChI is InChI=1S/C14H22.C13H17N.C10H14.C9H17N.2C7H14O2.C6H11N.C2H6.20CH4/c1-5-14(3,4)11-12(2)13-9-7-6-8-10-13;1-3-12(9-11(2)10-14)13-7-5-4-6-8-13;1-3-9(2)10-7-5-4-6-8-10;1-5-9(3,4)6-8(2)7-10;1-5-7(2,3)6(8)9-4;1-5(2)6(3)7(8)9-4;1-4-6(2,3)5-7;1-2;;;;;;;;;;;;;;;;;;;;/h6-10,12H,5,11H2,1-4H3;4-8,11-12H,3,9H2,1-2H3;4-9H,3H2,1-2H3;8H,5-6H2,1-4H3;5H2,1-4H3;5-6H,1-4H3;4H2,1-3H3;1-2H3;20*1H4. The van der Waals surface area contributed by atoms with E-state index in [2.05, 4.69) is 182 Å². The molecule has 0 saturated carbocycles. The van der Waals surface area contributed by atoms with Crippen LogP contribution >= 0.6 is 0 Å². The number of carbonyl (C=O) groups is 2. The maximum Gasteiger partial charge on any atom is 0.311 e. The minimum atomic E-state index is -0.311. The Kier molecular flexibility index (Phi) is 174. The molecule has 0 aromatic heterocycles. The first-order chi connectivity index (χ1) is 34.9. The van der Waals surface area contributed by atoms with E-state index in [-0.39, 0.29) is 189 Å². The van der Waals surface area contributed by atoms with E-state index in [4.69, 9.17) is 15.8 Å². The molecular weight excluding hydrogens is 1160 g/mol. The summed E-state index contributed by atoms with van der Waals surface area (Å²) in [6, 6.07) is 38.7. The molecular formula is C88H195N3O4. The van der Waals surface area contributed by atoms with Crippen LogP contribution in [0.3, 0.4) is 0 Å². The van der Waals surface area contributed by atoms with Gasteiger partial charge in [-0.2, -0.15) is 15.8 Å². The Balaban J connectivity index is -0.0000000254. The SMILES string of the molecule is C.C.C.C.C.C.C.C.C.C.C.C.C.C.C.C.C.C.C.C.CC.CCC(C)(C)C#N.CCC(C)(C)C(=O)OC.CCC(C)(C)CC(C)C#N.CCC(C)(C)CC(C)c1ccccc1.CCC(C)c1ccccc1.CCC(CC(C)C#N)c1ccccc1.COC(=O)C(C)C(C)C. The molecule has 7 nitrogen and oxygen atoms in total. The second kappa shape index (κ2) is 97.7. The highest BCUT2D eigenvalue weighted by Gasteiger charge is 2.26. The molecule has 95 heavy (non-hydrogen) atoms. The summed E-state index contributed by atoms with van der Waals surface area (Å²) < 4.78 is 9.10. The van der Waals surface area contributed by atoms with Crippen molar-refractivity contribution in [3.05, 3.63) is 108 Å². The minimum Gasteiger partial charge on any atom is -0.469 e. The van der Waals surface area contributed by atoms with Gasteiger partial charge in [0.25, 0.3) is 0 Å². The third-order valence-corrected chi connectivity index (χ3v) is 14.2. The van der Waals surface area contributed by atoms with Crippen LogP contribution in [-0.4, -0.2) is 26.2 Å². The predicted octanol–water partition coefficient (Wildman–Crippen LogP) is 33.3. The van der Waals surface area contributed by atoms with Gasteiger partial charge in [-0.15, -0.1) is 0 Å². The lowest BCUT2D eigenvalue weighted by Gasteiger charge is -2.26. The zero-order valence-electron chi connectivity index (χ0n) is 53.0. The molecule has 0 bridgehead atoms. The number of rotatable bonds is 18. The molecule has 586 valence electrons. The van der Waals surface area contributed by atoms with Crippen LogP contribution in [0.5, 0.6) is 0 Å². The van der Waals surface area contributed by atoms with Crippen molar-refractivity contribution in [2.24, 2.45) is 45.3 Å².